The zero-order valence-electron chi connectivity index (χ0n) is 101. The third-order valence-corrected chi connectivity index (χ3v) is 32.5. The zero-order valence-corrected chi connectivity index (χ0v) is 101. The van der Waals surface area contributed by atoms with Crippen molar-refractivity contribution >= 4 is 29.8 Å². The number of allylic oxidation sites excluding steroid dienone is 4. The number of carbonyl (C=O) groups is 5. The molecule has 0 aromatic heterocycles. The first-order valence-corrected chi connectivity index (χ1v) is 64.9. The van der Waals surface area contributed by atoms with Gasteiger partial charge in [-0.15, -0.1) is 0 Å². The SMILES string of the molecule is CCCCCCCCCCCCCCCCCCC[C@H](C)C[C@H](C)/C=C(\C)C(=O)OC1[C@H](O)C(COC(=O)/C(C)=C/[C@@H](C)C[C@@H](C)CCCCCCCCCCCCCCCCCC)O[C@H](O[C@H]2OC(CO)[C@@H](OC(=O)/C(C)=C/[C@@H](C)C[C@@H](C)CCCCCCCCCCCCCCCC)C(O)[C@@H]2OC(=O)/C(C)=C/[C@@H](C)C[C@@H](C)CCCCCCCCCCCCCCCC)[C@@H]1OC(=O)CCCCCCCCCCCCCCC. The van der Waals surface area contributed by atoms with E-state index in [0.717, 1.165) is 103 Å². The maximum absolute atomic E-state index is 15.1. The van der Waals surface area contributed by atoms with Crippen LogP contribution in [0.25, 0.3) is 0 Å². The maximum Gasteiger partial charge on any atom is 0.333 e. The Labute approximate surface area is 920 Å². The molecule has 2 fully saturated rings. The number of aliphatic hydroxyl groups excluding tert-OH is 3. The summed E-state index contributed by atoms with van der Waals surface area (Å²) in [6.45, 7) is 34.2. The van der Waals surface area contributed by atoms with Crippen LogP contribution in [0, 0.1) is 47.3 Å². The summed E-state index contributed by atoms with van der Waals surface area (Å²) in [5.41, 5.74) is 1.18. The zero-order chi connectivity index (χ0) is 109. The molecule has 0 spiro atoms. The largest absolute Gasteiger partial charge is 0.459 e. The first-order valence-electron chi connectivity index (χ1n) is 64.9. The van der Waals surface area contributed by atoms with Crippen molar-refractivity contribution < 1.29 is 77.2 Å². The molecule has 16 nitrogen and oxygen atoms in total. The monoisotopic (exact) mass is 2100 g/mol. The van der Waals surface area contributed by atoms with Crippen molar-refractivity contribution in [1.82, 2.24) is 0 Å². The topological polar surface area (TPSA) is 220 Å². The summed E-state index contributed by atoms with van der Waals surface area (Å²) in [5, 5.41) is 37.6. The second-order valence-electron chi connectivity index (χ2n) is 48.5. The summed E-state index contributed by atoms with van der Waals surface area (Å²) < 4.78 is 52.3. The van der Waals surface area contributed by atoms with Gasteiger partial charge in [-0.1, -0.05) is 609 Å². The average molecular weight is 2100 g/mol. The molecule has 2 rings (SSSR count). The molecule has 149 heavy (non-hydrogen) atoms. The van der Waals surface area contributed by atoms with E-state index in [1.165, 1.54) is 417 Å². The van der Waals surface area contributed by atoms with Crippen molar-refractivity contribution in [1.29, 1.82) is 0 Å². The van der Waals surface area contributed by atoms with E-state index < -0.39 is 104 Å². The molecule has 0 aromatic rings. The number of ether oxygens (including phenoxy) is 8. The van der Waals surface area contributed by atoms with Crippen LogP contribution in [0.4, 0.5) is 0 Å². The minimum absolute atomic E-state index is 0.00132. The highest BCUT2D eigenvalue weighted by atomic mass is 16.8. The van der Waals surface area contributed by atoms with Crippen molar-refractivity contribution in [3.63, 3.8) is 0 Å². The lowest BCUT2D eigenvalue weighted by atomic mass is 9.91. The number of unbranched alkanes of at least 4 members (excludes halogenated alkanes) is 69. The Kier molecular flexibility index (Phi) is 92.2. The Balaban J connectivity index is 2.69. The quantitative estimate of drug-likeness (QED) is 0.0223. The van der Waals surface area contributed by atoms with Crippen molar-refractivity contribution in [2.24, 2.45) is 47.3 Å². The Hall–Kier alpha value is -3.93. The van der Waals surface area contributed by atoms with Crippen molar-refractivity contribution in [2.75, 3.05) is 13.2 Å². The molecule has 16 heteroatoms. The number of aliphatic hydroxyl groups is 3. The summed E-state index contributed by atoms with van der Waals surface area (Å²) in [6.07, 6.45) is 92.3. The third kappa shape index (κ3) is 76.4. The van der Waals surface area contributed by atoms with Crippen LogP contribution >= 0.6 is 0 Å². The second-order valence-corrected chi connectivity index (χ2v) is 48.5. The fourth-order valence-corrected chi connectivity index (χ4v) is 23.3. The molecule has 0 amide bonds. The molecule has 0 aromatic carbocycles. The summed E-state index contributed by atoms with van der Waals surface area (Å²) in [5.74, 6) is -2.17. The number of carbonyl (C=O) groups excluding carboxylic acids is 5. The van der Waals surface area contributed by atoms with Crippen LogP contribution in [0.5, 0.6) is 0 Å². The van der Waals surface area contributed by atoms with E-state index in [1.54, 1.807) is 27.7 Å². The number of hydrogen-bond donors (Lipinski definition) is 3. The van der Waals surface area contributed by atoms with Crippen LogP contribution in [-0.4, -0.2) is 120 Å². The number of esters is 5. The van der Waals surface area contributed by atoms with Crippen molar-refractivity contribution in [3.05, 3.63) is 46.6 Å². The molecular weight excluding hydrogens is 1850 g/mol. The van der Waals surface area contributed by atoms with Crippen LogP contribution in [0.3, 0.4) is 0 Å². The molecule has 0 bridgehead atoms. The van der Waals surface area contributed by atoms with Gasteiger partial charge in [0, 0.05) is 28.7 Å². The average Bonchev–Trinajstić information content (AvgIpc) is 0.768. The van der Waals surface area contributed by atoms with Crippen LogP contribution in [0.2, 0.25) is 0 Å². The summed E-state index contributed by atoms with van der Waals surface area (Å²) in [6, 6.07) is 0. The molecule has 4 unspecified atom stereocenters. The highest BCUT2D eigenvalue weighted by molar-refractivity contribution is 5.89. The molecule has 2 aliphatic heterocycles. The lowest BCUT2D eigenvalue weighted by Gasteiger charge is -2.47. The van der Waals surface area contributed by atoms with Crippen molar-refractivity contribution in [2.45, 2.75) is 712 Å². The van der Waals surface area contributed by atoms with Gasteiger partial charge < -0.3 is 53.2 Å². The molecule has 2 saturated heterocycles. The predicted octanol–water partition coefficient (Wildman–Crippen LogP) is 38.7. The standard InChI is InChI=1S/C133H246O16/c1-18-23-28-33-38-43-48-53-57-59-61-66-70-75-80-84-89-94-109(8)99-113(12)103-117(16)130(140)147-125-122(136)120(106-142-128(138)115(14)101-111(10)97-107(6)92-87-82-77-74-69-65-60-58-54-49-44-39-34-29-24-19-2)144-133(127(125)145-121(135)96-91-86-81-76-71-62-52-47-42-37-32-27-22-5)149-132-126(148-131(141)118(17)104-114(13)100-110(9)95-90-85-79-73-68-64-56-51-46-41-36-31-26-21-4)123(137)124(119(105-134)143-132)146-129(139)116(15)102-112(11)98-108(7)93-88-83-78-72-67-63-55-50-45-40-35-30-25-20-3/h101-104,107-114,119-120,122-127,132-134,136-137H,18-100,105-106H2,1-17H3/b115-101+,116-102+,117-103+,118-104+/t107-,108-,109-,110-,111-,112-,113-,114-,119?,120?,122+,123?,124+,125?,126-,127+,132+,133+/m0/s1. The van der Waals surface area contributed by atoms with Gasteiger partial charge in [-0.05, 0) is 107 Å². The smallest absolute Gasteiger partial charge is 0.333 e. The first-order chi connectivity index (χ1) is 72.2. The fourth-order valence-electron chi connectivity index (χ4n) is 23.3. The molecule has 2 aliphatic rings. The lowest BCUT2D eigenvalue weighted by molar-refractivity contribution is -0.377. The van der Waals surface area contributed by atoms with Gasteiger partial charge in [-0.3, -0.25) is 4.79 Å². The summed E-state index contributed by atoms with van der Waals surface area (Å²) in [7, 11) is 0. The molecule has 18 atom stereocenters. The minimum Gasteiger partial charge on any atom is -0.459 e. The fraction of sp³-hybridized carbons (Fsp3) is 0.902. The molecule has 3 N–H and O–H groups in total. The van der Waals surface area contributed by atoms with E-state index >= 15 is 9.59 Å². The molecule has 0 aliphatic carbocycles. The number of rotatable bonds is 104. The van der Waals surface area contributed by atoms with Gasteiger partial charge in [0.05, 0.1) is 6.61 Å². The highest BCUT2D eigenvalue weighted by Crippen LogP contribution is 2.38. The molecule has 0 radical (unpaired) electrons. The highest BCUT2D eigenvalue weighted by Gasteiger charge is 2.56. The van der Waals surface area contributed by atoms with Gasteiger partial charge in [0.25, 0.3) is 0 Å². The van der Waals surface area contributed by atoms with Crippen molar-refractivity contribution in [3.8, 4) is 0 Å². The maximum atomic E-state index is 15.1. The van der Waals surface area contributed by atoms with E-state index in [1.807, 2.05) is 24.3 Å². The Morgan fingerprint density at radius 1 is 0.248 bits per heavy atom. The Morgan fingerprint density at radius 2 is 0.456 bits per heavy atom. The van der Waals surface area contributed by atoms with Gasteiger partial charge in [-0.25, -0.2) is 19.2 Å². The van der Waals surface area contributed by atoms with E-state index in [4.69, 9.17) is 37.9 Å². The van der Waals surface area contributed by atoms with Gasteiger partial charge >= 0.3 is 29.8 Å². The van der Waals surface area contributed by atoms with E-state index in [-0.39, 0.29) is 41.2 Å². The summed E-state index contributed by atoms with van der Waals surface area (Å²) in [4.78, 5) is 74.1. The minimum atomic E-state index is -1.92. The van der Waals surface area contributed by atoms with Crippen LogP contribution in [0.15, 0.2) is 46.6 Å². The second kappa shape index (κ2) is 97.3. The Bertz CT molecular complexity index is 3250. The third-order valence-electron chi connectivity index (χ3n) is 32.5. The van der Waals surface area contributed by atoms with E-state index in [9.17, 15) is 29.7 Å². The van der Waals surface area contributed by atoms with Gasteiger partial charge in [-0.2, -0.15) is 0 Å². The molecule has 2 heterocycles. The molecule has 874 valence electrons. The first kappa shape index (κ1) is 141. The summed E-state index contributed by atoms with van der Waals surface area (Å²) >= 11 is 0. The van der Waals surface area contributed by atoms with Gasteiger partial charge in [0.1, 0.15) is 31.0 Å². The molecule has 0 saturated carbocycles. The van der Waals surface area contributed by atoms with Gasteiger partial charge in [0.2, 0.25) is 12.6 Å². The van der Waals surface area contributed by atoms with E-state index in [0.29, 0.717) is 41.2 Å². The van der Waals surface area contributed by atoms with Gasteiger partial charge in [0.15, 0.2) is 24.4 Å². The van der Waals surface area contributed by atoms with Crippen LogP contribution < -0.4 is 0 Å². The van der Waals surface area contributed by atoms with E-state index in [2.05, 4.69) is 90.0 Å². The number of hydrogen-bond acceptors (Lipinski definition) is 16. The van der Waals surface area contributed by atoms with Crippen LogP contribution in [-0.2, 0) is 61.9 Å². The lowest BCUT2D eigenvalue weighted by Crippen LogP contribution is -2.66. The van der Waals surface area contributed by atoms with Crippen LogP contribution in [0.1, 0.15) is 651 Å². The Morgan fingerprint density at radius 3 is 0.705 bits per heavy atom. The predicted molar refractivity (Wildman–Crippen MR) is 628 cm³/mol. The normalized spacial score (nSPS) is 20.1. The molecular formula is C133H246O16.